The molecule has 3 aromatic rings. The number of nitrogens with one attached hydrogen (secondary N) is 1. The lowest BCUT2D eigenvalue weighted by atomic mass is 9.47. The number of methoxy groups -OCH3 is 3. The first-order chi connectivity index (χ1) is 29.6. The third-order valence-corrected chi connectivity index (χ3v) is 16.1. The topological polar surface area (TPSA) is 143 Å². The molecule has 2 bridgehead atoms. The van der Waals surface area contributed by atoms with Crippen LogP contribution in [0.2, 0.25) is 0 Å². The fraction of sp³-hybridized carbons (Fsp3) is 0.612. The third-order valence-electron chi connectivity index (χ3n) is 16.1. The Morgan fingerprint density at radius 3 is 2.40 bits per heavy atom. The van der Waals surface area contributed by atoms with Gasteiger partial charge in [0.1, 0.15) is 11.2 Å². The number of piperidine rings is 1. The van der Waals surface area contributed by atoms with Crippen LogP contribution in [0, 0.1) is 11.3 Å². The Labute approximate surface area is 365 Å². The van der Waals surface area contributed by atoms with E-state index >= 15 is 4.79 Å². The molecule has 5 aliphatic heterocycles. The van der Waals surface area contributed by atoms with Gasteiger partial charge in [0.05, 0.1) is 39.1 Å². The summed E-state index contributed by atoms with van der Waals surface area (Å²) in [5.74, 6) is -1.34. The molecule has 1 saturated carbocycles. The number of benzene rings is 2. The van der Waals surface area contributed by atoms with E-state index in [9.17, 15) is 14.7 Å². The molecular formula is C49H64N4O9. The quantitative estimate of drug-likeness (QED) is 0.161. The summed E-state index contributed by atoms with van der Waals surface area (Å²) in [6.45, 7) is 13.5. The number of aromatic amines is 1. The van der Waals surface area contributed by atoms with Crippen molar-refractivity contribution in [2.45, 2.75) is 119 Å². The van der Waals surface area contributed by atoms with Crippen molar-refractivity contribution < 1.29 is 43.2 Å². The molecule has 62 heavy (non-hydrogen) atoms. The maximum absolute atomic E-state index is 15.5. The van der Waals surface area contributed by atoms with Crippen LogP contribution in [0.4, 0.5) is 5.69 Å². The van der Waals surface area contributed by atoms with Crippen molar-refractivity contribution in [3.8, 4) is 5.75 Å². The average Bonchev–Trinajstić information content (AvgIpc) is 3.92. The van der Waals surface area contributed by atoms with Crippen molar-refractivity contribution in [1.82, 2.24) is 14.8 Å². The lowest BCUT2D eigenvalue weighted by Gasteiger charge is -2.63. The fourth-order valence-corrected chi connectivity index (χ4v) is 14.2. The van der Waals surface area contributed by atoms with Crippen LogP contribution >= 0.6 is 0 Å². The highest BCUT2D eigenvalue weighted by atomic mass is 16.6. The molecule has 1 spiro atoms. The van der Waals surface area contributed by atoms with Crippen molar-refractivity contribution in [3.63, 3.8) is 0 Å². The number of anilines is 1. The van der Waals surface area contributed by atoms with Crippen LogP contribution < -0.4 is 9.64 Å². The highest BCUT2D eigenvalue weighted by molar-refractivity contribution is 5.95. The number of carbonyl (C=O) groups excluding carboxylic acids is 3. The zero-order valence-electron chi connectivity index (χ0n) is 37.8. The summed E-state index contributed by atoms with van der Waals surface area (Å²) in [5, 5.41) is 14.5. The monoisotopic (exact) mass is 852 g/mol. The number of hydrogen-bond donors (Lipinski definition) is 2. The molecule has 3 unspecified atom stereocenters. The van der Waals surface area contributed by atoms with E-state index in [2.05, 4.69) is 65.9 Å². The lowest BCUT2D eigenvalue weighted by molar-refractivity contribution is -0.228. The van der Waals surface area contributed by atoms with Crippen LogP contribution in [0.3, 0.4) is 0 Å². The van der Waals surface area contributed by atoms with Gasteiger partial charge < -0.3 is 38.7 Å². The Morgan fingerprint density at radius 2 is 1.73 bits per heavy atom. The summed E-state index contributed by atoms with van der Waals surface area (Å²) >= 11 is 0. The van der Waals surface area contributed by atoms with E-state index in [0.717, 1.165) is 65.9 Å². The van der Waals surface area contributed by atoms with E-state index in [1.807, 2.05) is 37.1 Å². The number of fused-ring (bicyclic) bond motifs is 6. The number of esters is 3. The number of aromatic nitrogens is 1. The number of ether oxygens (including phenoxy) is 5. The van der Waals surface area contributed by atoms with Gasteiger partial charge in [0.25, 0.3) is 0 Å². The minimum Gasteiger partial charge on any atom is -0.496 e. The summed E-state index contributed by atoms with van der Waals surface area (Å²) < 4.78 is 31.0. The number of hydrogen-bond acceptors (Lipinski definition) is 12. The highest BCUT2D eigenvalue weighted by Gasteiger charge is 2.80. The summed E-state index contributed by atoms with van der Waals surface area (Å²) in [4.78, 5) is 53.8. The number of H-pyrrole nitrogens is 1. The minimum absolute atomic E-state index is 0.0206. The molecule has 334 valence electrons. The molecular weight excluding hydrogens is 789 g/mol. The summed E-state index contributed by atoms with van der Waals surface area (Å²) in [6, 6.07) is 11.2. The van der Waals surface area contributed by atoms with Crippen LogP contribution in [0.25, 0.3) is 10.9 Å². The second-order valence-corrected chi connectivity index (χ2v) is 19.3. The van der Waals surface area contributed by atoms with Crippen molar-refractivity contribution in [3.05, 3.63) is 70.9 Å². The molecule has 9 rings (SSSR count). The largest absolute Gasteiger partial charge is 0.496 e. The molecule has 13 heteroatoms. The number of carbonyl (C=O) groups is 3. The Kier molecular flexibility index (Phi) is 10.4. The molecule has 0 amide bonds. The minimum atomic E-state index is -2.29. The normalized spacial score (nSPS) is 35.9. The van der Waals surface area contributed by atoms with Crippen LogP contribution in [-0.4, -0.2) is 134 Å². The maximum Gasteiger partial charge on any atom is 0.344 e. The molecule has 3 fully saturated rings. The van der Waals surface area contributed by atoms with Crippen molar-refractivity contribution in [2.24, 2.45) is 11.3 Å². The number of aliphatic hydroxyl groups is 1. The van der Waals surface area contributed by atoms with Crippen molar-refractivity contribution >= 4 is 34.5 Å². The Morgan fingerprint density at radius 1 is 0.968 bits per heavy atom. The molecule has 6 heterocycles. The molecule has 1 aromatic heterocycles. The van der Waals surface area contributed by atoms with Gasteiger partial charge in [-0.25, -0.2) is 4.79 Å². The number of nitrogens with zero attached hydrogens (tertiary/aromatic N) is 3. The van der Waals surface area contributed by atoms with E-state index in [-0.39, 0.29) is 18.1 Å². The molecule has 10 atom stereocenters. The molecule has 2 N–H and O–H groups in total. The van der Waals surface area contributed by atoms with Gasteiger partial charge in [0.15, 0.2) is 6.10 Å². The third kappa shape index (κ3) is 5.69. The standard InChI is InChI=1S/C49H64N4O9/c1-10-45(62-29(3)4)25-31-26-48(43(55)59-8,39-33(17-21-52(27-31)28-45)32-15-12-13-16-36(32)50-39)35-23-34-37(24-38(35)58-7)51(6)41-47(34)19-22-53-20-14-18-46(11-2,40(47)53)42(61-30(5)54)49(41,57)44(56)60-9/h12-16,18,23-24,29,31,40-42,50,57H,10-11,17,19-22,25-28H2,1-9H3/t31?,40-,41+,42+,45-,46+,47+,48?,49-/m0/s1. The van der Waals surface area contributed by atoms with E-state index in [0.29, 0.717) is 50.1 Å². The zero-order valence-corrected chi connectivity index (χ0v) is 37.8. The van der Waals surface area contributed by atoms with Crippen molar-refractivity contribution in [2.75, 3.05) is 66.0 Å². The summed E-state index contributed by atoms with van der Waals surface area (Å²) in [7, 11) is 6.26. The van der Waals surface area contributed by atoms with Gasteiger partial charge in [-0.15, -0.1) is 0 Å². The molecule has 2 saturated heterocycles. The van der Waals surface area contributed by atoms with Crippen LogP contribution in [0.1, 0.15) is 89.1 Å². The van der Waals surface area contributed by atoms with Gasteiger partial charge in [0.2, 0.25) is 5.60 Å². The predicted molar refractivity (Wildman–Crippen MR) is 234 cm³/mol. The zero-order chi connectivity index (χ0) is 44.1. The average molecular weight is 853 g/mol. The summed E-state index contributed by atoms with van der Waals surface area (Å²) in [5.41, 5.74) is -0.802. The molecule has 1 aliphatic carbocycles. The van der Waals surface area contributed by atoms with E-state index in [4.69, 9.17) is 23.7 Å². The number of rotatable bonds is 9. The van der Waals surface area contributed by atoms with Gasteiger partial charge in [-0.2, -0.15) is 0 Å². The Bertz CT molecular complexity index is 2330. The van der Waals surface area contributed by atoms with Crippen LogP contribution in [0.15, 0.2) is 48.6 Å². The first kappa shape index (κ1) is 42.9. The number of likely N-dealkylation sites (N-methyl/N-ethyl adjacent to an activating group) is 1. The van der Waals surface area contributed by atoms with Gasteiger partial charge >= 0.3 is 17.9 Å². The predicted octanol–water partition coefficient (Wildman–Crippen LogP) is 5.42. The van der Waals surface area contributed by atoms with Gasteiger partial charge in [-0.3, -0.25) is 19.4 Å². The van der Waals surface area contributed by atoms with Gasteiger partial charge in [-0.1, -0.05) is 44.2 Å². The maximum atomic E-state index is 15.5. The second kappa shape index (κ2) is 15.1. The molecule has 2 aromatic carbocycles. The van der Waals surface area contributed by atoms with E-state index < -0.39 is 57.5 Å². The number of para-hydroxylation sites is 1. The van der Waals surface area contributed by atoms with Gasteiger partial charge in [0, 0.05) is 90.9 Å². The molecule has 0 radical (unpaired) electrons. The van der Waals surface area contributed by atoms with Crippen LogP contribution in [-0.2, 0) is 50.6 Å². The smallest absolute Gasteiger partial charge is 0.344 e. The van der Waals surface area contributed by atoms with Gasteiger partial charge in [-0.05, 0) is 88.1 Å². The highest BCUT2D eigenvalue weighted by Crippen LogP contribution is 2.68. The van der Waals surface area contributed by atoms with E-state index in [1.54, 1.807) is 7.11 Å². The molecule has 13 nitrogen and oxygen atoms in total. The fourth-order valence-electron chi connectivity index (χ4n) is 14.2. The SMILES string of the molecule is CC[C@]1(OC(C)C)CC2CN(CCc3c([nH]c4ccccc34)C(C(=O)OC)(c3cc4c(cc3OC)N(C)[C@H]3[C@@](O)(C(=O)OC)[C@H](OC(C)=O)[C@]5(CC)C=CCN6CC[C@]43[C@@H]65)C2)C1. The second-order valence-electron chi connectivity index (χ2n) is 19.3. The molecule has 6 aliphatic rings. The van der Waals surface area contributed by atoms with E-state index in [1.165, 1.54) is 21.1 Å². The first-order valence-electron chi connectivity index (χ1n) is 22.6. The Hall–Kier alpha value is -4.43. The van der Waals surface area contributed by atoms with Crippen molar-refractivity contribution in [1.29, 1.82) is 0 Å². The lowest BCUT2D eigenvalue weighted by Crippen LogP contribution is -2.81. The summed E-state index contributed by atoms with van der Waals surface area (Å²) in [6.07, 6.45) is 6.68. The first-order valence-corrected chi connectivity index (χ1v) is 22.6. The Balaban J connectivity index is 1.35. The van der Waals surface area contributed by atoms with Crippen LogP contribution in [0.5, 0.6) is 5.75 Å².